The molecule has 4 rings (SSSR count). The average Bonchev–Trinajstić information content (AvgIpc) is 3.54. The van der Waals surface area contributed by atoms with Crippen molar-refractivity contribution in [3.63, 3.8) is 0 Å². The number of benzene rings is 3. The second kappa shape index (κ2) is 23.1. The maximum Gasteiger partial charge on any atom is 0.111 e. The molecule has 1 aliphatic rings. The molecule has 1 heterocycles. The molecule has 0 aromatic heterocycles. The van der Waals surface area contributed by atoms with Gasteiger partial charge in [0.05, 0.1) is 5.71 Å². The Morgan fingerprint density at radius 1 is 0.788 bits per heavy atom. The Bertz CT molecular complexity index is 1530. The fraction of sp³-hybridized carbons (Fsp3) is 0.500. The highest BCUT2D eigenvalue weighted by molar-refractivity contribution is 6.14. The molecule has 0 aliphatic carbocycles. The summed E-state index contributed by atoms with van der Waals surface area (Å²) >= 11 is 0. The van der Waals surface area contributed by atoms with Gasteiger partial charge in [-0.05, 0) is 117 Å². The number of alkyl halides is 1. The van der Waals surface area contributed by atoms with Gasteiger partial charge in [0.25, 0.3) is 0 Å². The van der Waals surface area contributed by atoms with Crippen LogP contribution >= 0.6 is 0 Å². The second-order valence-corrected chi connectivity index (χ2v) is 16.0. The number of aryl methyl sites for hydroxylation is 2. The molecule has 3 aromatic carbocycles. The number of allylic oxidation sites excluding steroid dienone is 2. The number of nitrogens with two attached hydrogens (primary N) is 1. The molecule has 0 fully saturated rings. The monoisotopic (exact) mass is 710 g/mol. The van der Waals surface area contributed by atoms with Crippen molar-refractivity contribution in [1.82, 2.24) is 0 Å². The Hall–Kier alpha value is -3.63. The summed E-state index contributed by atoms with van der Waals surface area (Å²) in [7, 11) is 0. The number of hydrogen-bond donors (Lipinski definition) is 1. The lowest BCUT2D eigenvalue weighted by Crippen LogP contribution is -2.22. The van der Waals surface area contributed by atoms with Crippen LogP contribution in [0.3, 0.4) is 0 Å². The van der Waals surface area contributed by atoms with Crippen molar-refractivity contribution in [2.75, 3.05) is 0 Å². The van der Waals surface area contributed by atoms with Crippen LogP contribution < -0.4 is 5.73 Å². The van der Waals surface area contributed by atoms with Crippen molar-refractivity contribution in [3.05, 3.63) is 120 Å². The lowest BCUT2D eigenvalue weighted by atomic mass is 9.86. The smallest absolute Gasteiger partial charge is 0.111 e. The Balaban J connectivity index is 0.000000394. The van der Waals surface area contributed by atoms with Crippen molar-refractivity contribution < 1.29 is 4.39 Å². The summed E-state index contributed by atoms with van der Waals surface area (Å²) in [5.41, 5.74) is 16.3. The molecule has 0 radical (unpaired) electrons. The van der Waals surface area contributed by atoms with Crippen LogP contribution in [0.1, 0.15) is 136 Å². The largest absolute Gasteiger partial charge is 0.328 e. The lowest BCUT2D eigenvalue weighted by molar-refractivity contribution is 0.151. The Morgan fingerprint density at radius 3 is 1.69 bits per heavy atom. The summed E-state index contributed by atoms with van der Waals surface area (Å²) in [6.45, 7) is 32.1. The molecule has 3 aromatic rings. The molecule has 1 aliphatic heterocycles. The van der Waals surface area contributed by atoms with E-state index in [0.717, 1.165) is 43.5 Å². The molecule has 52 heavy (non-hydrogen) atoms. The lowest BCUT2D eigenvalue weighted by Gasteiger charge is -2.21. The molecule has 286 valence electrons. The maximum atomic E-state index is 13.0. The number of rotatable bonds is 12. The minimum absolute atomic E-state index is 0.00231. The molecule has 0 saturated carbocycles. The molecule has 0 spiro atoms. The fourth-order valence-electron chi connectivity index (χ4n) is 5.54. The van der Waals surface area contributed by atoms with Gasteiger partial charge in [-0.1, -0.05) is 134 Å². The standard InChI is InChI=1S/C21H26.C15H21N3.C8H15F.C4H10/c1-6-16(2)15-17-7-9-18(10-8-17)19-11-13-20(14-12-19)21(3,4)5;1-10-8-14(15-9-12(3)17-18-15)7-6-13(10)5-4-11(2)16;1-5-7(6-2)8(3,4)9;1-3-4-2/h6-14,16H,1,15H2,2-5H3;6-8,11H,4-5,9,16H2,1-3H3;5,7H,1,6H2,2-4H3;3-4H2,1-2H3. The van der Waals surface area contributed by atoms with Gasteiger partial charge in [-0.2, -0.15) is 10.2 Å². The van der Waals surface area contributed by atoms with Gasteiger partial charge in [0.2, 0.25) is 0 Å². The summed E-state index contributed by atoms with van der Waals surface area (Å²) in [5.74, 6) is 0.527. The summed E-state index contributed by atoms with van der Waals surface area (Å²) < 4.78 is 13.0. The average molecular weight is 710 g/mol. The summed E-state index contributed by atoms with van der Waals surface area (Å²) in [6.07, 6.45) is 11.2. The second-order valence-electron chi connectivity index (χ2n) is 16.0. The quantitative estimate of drug-likeness (QED) is 0.187. The van der Waals surface area contributed by atoms with Crippen LogP contribution in [0.25, 0.3) is 11.1 Å². The molecular weight excluding hydrogens is 638 g/mol. The van der Waals surface area contributed by atoms with Gasteiger partial charge < -0.3 is 5.73 Å². The Labute approximate surface area is 318 Å². The number of unbranched alkanes of at least 4 members (excludes halogenated alkanes) is 1. The van der Waals surface area contributed by atoms with E-state index in [1.165, 1.54) is 51.8 Å². The van der Waals surface area contributed by atoms with E-state index in [1.54, 1.807) is 19.9 Å². The summed E-state index contributed by atoms with van der Waals surface area (Å²) in [5, 5.41) is 8.31. The zero-order valence-corrected chi connectivity index (χ0v) is 35.0. The SMILES string of the molecule is C=CC(C)Cc1ccc(-c2ccc(C(C)(C)C)cc2)cc1.C=CC(CC)C(C)(C)F.CC1=NN=C(c2ccc(CCC(C)N)c(C)c2)C1.CCCC. The molecular formula is C48H72FN3. The molecule has 0 saturated heterocycles. The maximum absolute atomic E-state index is 13.0. The number of halogens is 1. The first-order valence-electron chi connectivity index (χ1n) is 19.5. The normalized spacial score (nSPS) is 14.1. The van der Waals surface area contributed by atoms with Crippen molar-refractivity contribution in [2.45, 2.75) is 145 Å². The van der Waals surface area contributed by atoms with E-state index in [1.807, 2.05) is 19.9 Å². The van der Waals surface area contributed by atoms with E-state index in [2.05, 4.69) is 145 Å². The van der Waals surface area contributed by atoms with Crippen molar-refractivity contribution in [2.24, 2.45) is 27.8 Å². The topological polar surface area (TPSA) is 50.7 Å². The predicted octanol–water partition coefficient (Wildman–Crippen LogP) is 13.6. The third kappa shape index (κ3) is 17.3. The number of nitrogens with zero attached hydrogens (tertiary/aromatic N) is 2. The third-order valence-corrected chi connectivity index (χ3v) is 9.41. The molecule has 2 N–H and O–H groups in total. The van der Waals surface area contributed by atoms with Crippen molar-refractivity contribution >= 4 is 11.4 Å². The van der Waals surface area contributed by atoms with Crippen LogP contribution in [-0.2, 0) is 18.3 Å². The predicted molar refractivity (Wildman–Crippen MR) is 231 cm³/mol. The van der Waals surface area contributed by atoms with Crippen LogP contribution in [-0.4, -0.2) is 23.1 Å². The van der Waals surface area contributed by atoms with Crippen molar-refractivity contribution in [3.8, 4) is 11.1 Å². The van der Waals surface area contributed by atoms with E-state index >= 15 is 0 Å². The van der Waals surface area contributed by atoms with Gasteiger partial charge in [-0.25, -0.2) is 4.39 Å². The zero-order chi connectivity index (χ0) is 39.5. The van der Waals surface area contributed by atoms with Gasteiger partial charge in [-0.15, -0.1) is 13.2 Å². The molecule has 0 amide bonds. The van der Waals surface area contributed by atoms with Crippen LogP contribution in [0.5, 0.6) is 0 Å². The van der Waals surface area contributed by atoms with Crippen LogP contribution in [0.4, 0.5) is 4.39 Å². The van der Waals surface area contributed by atoms with Crippen LogP contribution in [0.2, 0.25) is 0 Å². The van der Waals surface area contributed by atoms with Gasteiger partial charge in [-0.3, -0.25) is 0 Å². The highest BCUT2D eigenvalue weighted by Gasteiger charge is 2.24. The molecule has 3 nitrogen and oxygen atoms in total. The highest BCUT2D eigenvalue weighted by Crippen LogP contribution is 2.27. The first-order valence-corrected chi connectivity index (χ1v) is 19.5. The first-order chi connectivity index (χ1) is 24.4. The van der Waals surface area contributed by atoms with Crippen LogP contribution in [0.15, 0.2) is 102 Å². The molecule has 3 unspecified atom stereocenters. The summed E-state index contributed by atoms with van der Waals surface area (Å²) in [4.78, 5) is 0. The molecule has 0 bridgehead atoms. The molecule has 3 atom stereocenters. The Morgan fingerprint density at radius 2 is 1.33 bits per heavy atom. The van der Waals surface area contributed by atoms with E-state index in [0.29, 0.717) is 5.92 Å². The van der Waals surface area contributed by atoms with Crippen molar-refractivity contribution in [1.29, 1.82) is 0 Å². The van der Waals surface area contributed by atoms with E-state index < -0.39 is 5.67 Å². The minimum Gasteiger partial charge on any atom is -0.328 e. The third-order valence-electron chi connectivity index (χ3n) is 9.41. The van der Waals surface area contributed by atoms with E-state index in [9.17, 15) is 4.39 Å². The zero-order valence-electron chi connectivity index (χ0n) is 35.0. The number of hydrogen-bond acceptors (Lipinski definition) is 3. The molecule has 4 heteroatoms. The van der Waals surface area contributed by atoms with Gasteiger partial charge in [0, 0.05) is 24.1 Å². The van der Waals surface area contributed by atoms with Gasteiger partial charge >= 0.3 is 0 Å². The van der Waals surface area contributed by atoms with Gasteiger partial charge in [0.1, 0.15) is 5.67 Å². The fourth-order valence-corrected chi connectivity index (χ4v) is 5.54. The first kappa shape index (κ1) is 46.4. The van der Waals surface area contributed by atoms with Crippen LogP contribution in [0, 0.1) is 18.8 Å². The Kier molecular flexibility index (Phi) is 20.6. The highest BCUT2D eigenvalue weighted by atomic mass is 19.1. The van der Waals surface area contributed by atoms with Gasteiger partial charge in [0.15, 0.2) is 0 Å². The minimum atomic E-state index is -1.10. The summed E-state index contributed by atoms with van der Waals surface area (Å²) in [6, 6.07) is 24.6. The van der Waals surface area contributed by atoms with E-state index in [4.69, 9.17) is 5.73 Å². The van der Waals surface area contributed by atoms with E-state index in [-0.39, 0.29) is 17.4 Å².